The number of non-ortho nitro benzene ring substituents is 1. The van der Waals surface area contributed by atoms with E-state index in [9.17, 15) is 20.0 Å². The Morgan fingerprint density at radius 2 is 1.61 bits per heavy atom. The van der Waals surface area contributed by atoms with Gasteiger partial charge in [0.2, 0.25) is 0 Å². The number of carbonyl (C=O) groups excluding carboxylic acids is 1. The number of hydrogen-bond acceptors (Lipinski definition) is 6. The molecule has 0 amide bonds. The Balaban J connectivity index is 2.06. The Morgan fingerprint density at radius 1 is 1.09 bits per heavy atom. The third kappa shape index (κ3) is 4.35. The number of nitro groups is 1. The molecule has 0 aliphatic heterocycles. The van der Waals surface area contributed by atoms with Gasteiger partial charge in [-0.05, 0) is 36.4 Å². The smallest absolute Gasteiger partial charge is 0.269 e. The van der Waals surface area contributed by atoms with Crippen LogP contribution in [-0.2, 0) is 0 Å². The van der Waals surface area contributed by atoms with E-state index in [2.05, 4.69) is 0 Å². The lowest BCUT2D eigenvalue weighted by Crippen LogP contribution is -2.21. The van der Waals surface area contributed by atoms with Crippen molar-refractivity contribution >= 4 is 11.5 Å². The molecule has 0 fully saturated rings. The Hall–Kier alpha value is -2.77. The van der Waals surface area contributed by atoms with Crippen LogP contribution in [0.25, 0.3) is 0 Å². The fourth-order valence-corrected chi connectivity index (χ4v) is 1.85. The van der Waals surface area contributed by atoms with Crippen molar-refractivity contribution in [1.29, 1.82) is 0 Å². The van der Waals surface area contributed by atoms with Gasteiger partial charge < -0.3 is 14.9 Å². The predicted octanol–water partition coefficient (Wildman–Crippen LogP) is 1.56. The van der Waals surface area contributed by atoms with Crippen molar-refractivity contribution in [2.45, 2.75) is 6.10 Å². The lowest BCUT2D eigenvalue weighted by molar-refractivity contribution is -0.384. The lowest BCUT2D eigenvalue weighted by Gasteiger charge is -2.10. The van der Waals surface area contributed by atoms with Crippen LogP contribution in [0.1, 0.15) is 15.9 Å². The van der Waals surface area contributed by atoms with Gasteiger partial charge in [-0.3, -0.25) is 14.9 Å². The van der Waals surface area contributed by atoms with Crippen molar-refractivity contribution in [2.75, 3.05) is 13.2 Å². The summed E-state index contributed by atoms with van der Waals surface area (Å²) in [6.45, 7) is -0.442. The molecule has 2 rings (SSSR count). The van der Waals surface area contributed by atoms with Gasteiger partial charge in [0.1, 0.15) is 18.5 Å². The molecule has 1 atom stereocenters. The Kier molecular flexibility index (Phi) is 5.40. The summed E-state index contributed by atoms with van der Waals surface area (Å²) < 4.78 is 5.24. The van der Waals surface area contributed by atoms with Crippen LogP contribution in [0.3, 0.4) is 0 Å². The average molecular weight is 317 g/mol. The standard InChI is InChI=1S/C16H15NO6/c18-9-14(19)10-23-15-7-3-12(4-8-15)16(20)11-1-5-13(6-2-11)17(21)22/h1-8,14,18-19H,9-10H2/t14-/m1/s1. The number of ketones is 1. The van der Waals surface area contributed by atoms with E-state index >= 15 is 0 Å². The van der Waals surface area contributed by atoms with Crippen molar-refractivity contribution in [1.82, 2.24) is 0 Å². The number of hydrogen-bond donors (Lipinski definition) is 2. The van der Waals surface area contributed by atoms with Crippen molar-refractivity contribution in [3.63, 3.8) is 0 Å². The zero-order chi connectivity index (χ0) is 16.8. The second kappa shape index (κ2) is 7.48. The summed E-state index contributed by atoms with van der Waals surface area (Å²) in [5, 5.41) is 28.5. The van der Waals surface area contributed by atoms with E-state index in [1.165, 1.54) is 24.3 Å². The predicted molar refractivity (Wildman–Crippen MR) is 81.6 cm³/mol. The fourth-order valence-electron chi connectivity index (χ4n) is 1.85. The molecule has 0 radical (unpaired) electrons. The molecule has 0 aliphatic carbocycles. The van der Waals surface area contributed by atoms with Crippen molar-refractivity contribution < 1.29 is 24.7 Å². The molecule has 120 valence electrons. The van der Waals surface area contributed by atoms with E-state index in [1.54, 1.807) is 24.3 Å². The molecule has 0 saturated heterocycles. The number of rotatable bonds is 7. The highest BCUT2D eigenvalue weighted by atomic mass is 16.6. The van der Waals surface area contributed by atoms with Crippen LogP contribution in [0, 0.1) is 10.1 Å². The first-order valence-electron chi connectivity index (χ1n) is 6.82. The molecule has 2 N–H and O–H groups in total. The van der Waals surface area contributed by atoms with Crippen molar-refractivity contribution in [2.24, 2.45) is 0 Å². The maximum absolute atomic E-state index is 12.3. The highest BCUT2D eigenvalue weighted by Crippen LogP contribution is 2.18. The Bertz CT molecular complexity index is 681. The minimum Gasteiger partial charge on any atom is -0.491 e. The molecule has 0 saturated carbocycles. The number of carbonyl (C=O) groups is 1. The average Bonchev–Trinajstić information content (AvgIpc) is 2.59. The first-order chi connectivity index (χ1) is 11.0. The van der Waals surface area contributed by atoms with E-state index < -0.39 is 17.6 Å². The van der Waals surface area contributed by atoms with Gasteiger partial charge in [0, 0.05) is 23.3 Å². The lowest BCUT2D eigenvalue weighted by atomic mass is 10.0. The first kappa shape index (κ1) is 16.6. The van der Waals surface area contributed by atoms with Crippen LogP contribution in [0.5, 0.6) is 5.75 Å². The molecule has 0 aliphatic rings. The Morgan fingerprint density at radius 3 is 2.09 bits per heavy atom. The molecule has 0 bridgehead atoms. The summed E-state index contributed by atoms with van der Waals surface area (Å²) >= 11 is 0. The monoisotopic (exact) mass is 317 g/mol. The second-order valence-corrected chi connectivity index (χ2v) is 4.80. The number of ether oxygens (including phenoxy) is 1. The topological polar surface area (TPSA) is 110 Å². The summed E-state index contributed by atoms with van der Waals surface area (Å²) in [6.07, 6.45) is -0.962. The van der Waals surface area contributed by atoms with Gasteiger partial charge >= 0.3 is 0 Å². The SMILES string of the molecule is O=C(c1ccc(OC[C@H](O)CO)cc1)c1ccc([N+](=O)[O-])cc1. The molecule has 0 spiro atoms. The van der Waals surface area contributed by atoms with Crippen LogP contribution in [0.15, 0.2) is 48.5 Å². The van der Waals surface area contributed by atoms with Gasteiger partial charge in [-0.1, -0.05) is 0 Å². The maximum Gasteiger partial charge on any atom is 0.269 e. The van der Waals surface area contributed by atoms with Crippen LogP contribution >= 0.6 is 0 Å². The zero-order valence-electron chi connectivity index (χ0n) is 12.1. The van der Waals surface area contributed by atoms with E-state index in [-0.39, 0.29) is 18.1 Å². The number of nitro benzene ring substituents is 1. The first-order valence-corrected chi connectivity index (χ1v) is 6.82. The van der Waals surface area contributed by atoms with Gasteiger partial charge in [-0.15, -0.1) is 0 Å². The quantitative estimate of drug-likeness (QED) is 0.455. The second-order valence-electron chi connectivity index (χ2n) is 4.80. The van der Waals surface area contributed by atoms with E-state index in [0.717, 1.165) is 0 Å². The Labute approximate surface area is 131 Å². The molecule has 7 nitrogen and oxygen atoms in total. The van der Waals surface area contributed by atoms with Crippen molar-refractivity contribution in [3.8, 4) is 5.75 Å². The highest BCUT2D eigenvalue weighted by molar-refractivity contribution is 6.09. The minimum atomic E-state index is -0.962. The van der Waals surface area contributed by atoms with Gasteiger partial charge in [0.25, 0.3) is 5.69 Å². The van der Waals surface area contributed by atoms with Crippen LogP contribution in [0.4, 0.5) is 5.69 Å². The molecule has 0 aromatic heterocycles. The molecule has 2 aromatic rings. The van der Waals surface area contributed by atoms with Gasteiger partial charge in [0.15, 0.2) is 5.78 Å². The molecular formula is C16H15NO6. The maximum atomic E-state index is 12.3. The van der Waals surface area contributed by atoms with E-state index in [0.29, 0.717) is 16.9 Å². The summed E-state index contributed by atoms with van der Waals surface area (Å²) in [5.74, 6) is 0.194. The summed E-state index contributed by atoms with van der Waals surface area (Å²) in [5.41, 5.74) is 0.682. The normalized spacial score (nSPS) is 11.7. The third-order valence-corrected chi connectivity index (χ3v) is 3.11. The number of aliphatic hydroxyl groups excluding tert-OH is 2. The minimum absolute atomic E-state index is 0.0495. The third-order valence-electron chi connectivity index (χ3n) is 3.11. The van der Waals surface area contributed by atoms with Crippen LogP contribution in [-0.4, -0.2) is 40.2 Å². The van der Waals surface area contributed by atoms with E-state index in [1.807, 2.05) is 0 Å². The molecular weight excluding hydrogens is 302 g/mol. The number of benzene rings is 2. The van der Waals surface area contributed by atoms with Crippen LogP contribution in [0.2, 0.25) is 0 Å². The fraction of sp³-hybridized carbons (Fsp3) is 0.188. The summed E-state index contributed by atoms with van der Waals surface area (Å²) in [7, 11) is 0. The zero-order valence-corrected chi connectivity index (χ0v) is 12.1. The van der Waals surface area contributed by atoms with Gasteiger partial charge in [0.05, 0.1) is 11.5 Å². The number of aliphatic hydroxyl groups is 2. The number of nitrogens with zero attached hydrogens (tertiary/aromatic N) is 1. The molecule has 0 heterocycles. The van der Waals surface area contributed by atoms with Crippen LogP contribution < -0.4 is 4.74 Å². The molecule has 7 heteroatoms. The largest absolute Gasteiger partial charge is 0.491 e. The van der Waals surface area contributed by atoms with E-state index in [4.69, 9.17) is 9.84 Å². The molecule has 23 heavy (non-hydrogen) atoms. The van der Waals surface area contributed by atoms with Crippen molar-refractivity contribution in [3.05, 3.63) is 69.8 Å². The summed E-state index contributed by atoms with van der Waals surface area (Å²) in [4.78, 5) is 22.3. The van der Waals surface area contributed by atoms with Gasteiger partial charge in [-0.2, -0.15) is 0 Å². The van der Waals surface area contributed by atoms with Gasteiger partial charge in [-0.25, -0.2) is 0 Å². The molecule has 2 aromatic carbocycles. The highest BCUT2D eigenvalue weighted by Gasteiger charge is 2.12. The summed E-state index contributed by atoms with van der Waals surface area (Å²) in [6, 6.07) is 11.6. The molecule has 0 unspecified atom stereocenters.